The van der Waals surface area contributed by atoms with E-state index in [9.17, 15) is 8.42 Å². The van der Waals surface area contributed by atoms with Gasteiger partial charge in [-0.2, -0.15) is 0 Å². The number of hydrogen-bond acceptors (Lipinski definition) is 5. The summed E-state index contributed by atoms with van der Waals surface area (Å²) >= 11 is 6.22. The van der Waals surface area contributed by atoms with Crippen LogP contribution in [0.4, 0.5) is 0 Å². The van der Waals surface area contributed by atoms with Gasteiger partial charge < -0.3 is 15.2 Å². The SMILES string of the molecule is CCOc1cc(Cl)c(C(N)C(C)S(C)(=O)=O)cc1OCC. The van der Waals surface area contributed by atoms with E-state index in [1.807, 2.05) is 13.8 Å². The molecule has 1 aromatic rings. The number of ether oxygens (including phenoxy) is 2. The van der Waals surface area contributed by atoms with Gasteiger partial charge in [0.15, 0.2) is 21.3 Å². The van der Waals surface area contributed by atoms with Gasteiger partial charge in [-0.15, -0.1) is 0 Å². The van der Waals surface area contributed by atoms with E-state index in [0.717, 1.165) is 6.26 Å². The van der Waals surface area contributed by atoms with Gasteiger partial charge in [-0.25, -0.2) is 8.42 Å². The van der Waals surface area contributed by atoms with Crippen molar-refractivity contribution >= 4 is 21.4 Å². The van der Waals surface area contributed by atoms with Crippen molar-refractivity contribution in [3.63, 3.8) is 0 Å². The lowest BCUT2D eigenvalue weighted by molar-refractivity contribution is 0.287. The van der Waals surface area contributed by atoms with Gasteiger partial charge in [0, 0.05) is 23.4 Å². The Balaban J connectivity index is 3.27. The summed E-state index contributed by atoms with van der Waals surface area (Å²) in [5.74, 6) is 1.03. The van der Waals surface area contributed by atoms with Gasteiger partial charge in [0.2, 0.25) is 0 Å². The number of rotatable bonds is 7. The van der Waals surface area contributed by atoms with Crippen LogP contribution in [0, 0.1) is 0 Å². The average Bonchev–Trinajstić information content (AvgIpc) is 2.39. The van der Waals surface area contributed by atoms with Crippen molar-refractivity contribution in [2.24, 2.45) is 5.73 Å². The van der Waals surface area contributed by atoms with Gasteiger partial charge in [-0.05, 0) is 32.4 Å². The van der Waals surface area contributed by atoms with Crippen molar-refractivity contribution in [1.29, 1.82) is 0 Å². The highest BCUT2D eigenvalue weighted by Crippen LogP contribution is 2.37. The maximum Gasteiger partial charge on any atom is 0.162 e. The van der Waals surface area contributed by atoms with Crippen LogP contribution in [0.2, 0.25) is 5.02 Å². The molecule has 2 N–H and O–H groups in total. The van der Waals surface area contributed by atoms with Gasteiger partial charge >= 0.3 is 0 Å². The predicted molar refractivity (Wildman–Crippen MR) is 85.0 cm³/mol. The third-order valence-electron chi connectivity index (χ3n) is 3.20. The summed E-state index contributed by atoms with van der Waals surface area (Å²) in [5, 5.41) is -0.382. The largest absolute Gasteiger partial charge is 0.490 e. The summed E-state index contributed by atoms with van der Waals surface area (Å²) in [6.45, 7) is 6.20. The van der Waals surface area contributed by atoms with E-state index in [1.54, 1.807) is 19.1 Å². The van der Waals surface area contributed by atoms with Crippen LogP contribution in [0.5, 0.6) is 11.5 Å². The van der Waals surface area contributed by atoms with E-state index in [0.29, 0.717) is 35.3 Å². The number of hydrogen-bond donors (Lipinski definition) is 1. The van der Waals surface area contributed by atoms with E-state index < -0.39 is 21.1 Å². The molecular weight excluding hydrogens is 314 g/mol. The fraction of sp³-hybridized carbons (Fsp3) is 0.571. The Labute approximate surface area is 131 Å². The van der Waals surface area contributed by atoms with Crippen molar-refractivity contribution in [3.8, 4) is 11.5 Å². The normalized spacial score (nSPS) is 14.6. The quantitative estimate of drug-likeness (QED) is 0.828. The zero-order chi connectivity index (χ0) is 16.2. The monoisotopic (exact) mass is 335 g/mol. The van der Waals surface area contributed by atoms with Gasteiger partial charge in [0.05, 0.1) is 18.5 Å². The molecule has 0 fully saturated rings. The van der Waals surface area contributed by atoms with Gasteiger partial charge in [0.1, 0.15) is 0 Å². The molecule has 2 unspecified atom stereocenters. The first-order valence-corrected chi connectivity index (χ1v) is 9.09. The number of benzene rings is 1. The minimum atomic E-state index is -3.27. The standard InChI is InChI=1S/C14H22ClNO4S/c1-5-19-12-7-10(11(15)8-13(12)20-6-2)14(16)9(3)21(4,17)18/h7-9,14H,5-6,16H2,1-4H3. The number of nitrogens with two attached hydrogens (primary N) is 1. The summed E-state index contributed by atoms with van der Waals surface area (Å²) in [4.78, 5) is 0. The Morgan fingerprint density at radius 2 is 1.67 bits per heavy atom. The molecule has 1 rings (SSSR count). The second-order valence-electron chi connectivity index (χ2n) is 4.75. The minimum absolute atomic E-state index is 0.366. The summed E-state index contributed by atoms with van der Waals surface area (Å²) in [6.07, 6.45) is 1.16. The summed E-state index contributed by atoms with van der Waals surface area (Å²) in [7, 11) is -3.27. The highest BCUT2D eigenvalue weighted by molar-refractivity contribution is 7.91. The lowest BCUT2D eigenvalue weighted by atomic mass is 10.0. The molecule has 0 saturated carbocycles. The van der Waals surface area contributed by atoms with Crippen LogP contribution in [0.25, 0.3) is 0 Å². The molecule has 7 heteroatoms. The van der Waals surface area contributed by atoms with Crippen LogP contribution in [-0.2, 0) is 9.84 Å². The molecule has 21 heavy (non-hydrogen) atoms. The van der Waals surface area contributed by atoms with E-state index in [1.165, 1.54) is 0 Å². The minimum Gasteiger partial charge on any atom is -0.490 e. The first-order valence-electron chi connectivity index (χ1n) is 6.75. The van der Waals surface area contributed by atoms with Gasteiger partial charge in [-0.3, -0.25) is 0 Å². The van der Waals surface area contributed by atoms with E-state index in [2.05, 4.69) is 0 Å². The lowest BCUT2D eigenvalue weighted by Crippen LogP contribution is -2.30. The van der Waals surface area contributed by atoms with Crippen LogP contribution < -0.4 is 15.2 Å². The third kappa shape index (κ3) is 4.49. The molecule has 0 amide bonds. The Morgan fingerprint density at radius 3 is 2.10 bits per heavy atom. The first kappa shape index (κ1) is 18.1. The number of halogens is 1. The molecule has 0 spiro atoms. The highest BCUT2D eigenvalue weighted by atomic mass is 35.5. The van der Waals surface area contributed by atoms with Crippen LogP contribution in [0.15, 0.2) is 12.1 Å². The smallest absolute Gasteiger partial charge is 0.162 e. The molecule has 0 aliphatic carbocycles. The molecule has 0 bridgehead atoms. The van der Waals surface area contributed by atoms with Crippen LogP contribution in [0.3, 0.4) is 0 Å². The van der Waals surface area contributed by atoms with Gasteiger partial charge in [-0.1, -0.05) is 11.6 Å². The molecule has 120 valence electrons. The molecule has 2 atom stereocenters. The molecule has 0 saturated heterocycles. The Hall–Kier alpha value is -0.980. The second kappa shape index (κ2) is 7.33. The van der Waals surface area contributed by atoms with Crippen molar-refractivity contribution in [1.82, 2.24) is 0 Å². The Morgan fingerprint density at radius 1 is 1.19 bits per heavy atom. The molecule has 0 aromatic heterocycles. The third-order valence-corrected chi connectivity index (χ3v) is 5.17. The maximum absolute atomic E-state index is 11.7. The molecular formula is C14H22ClNO4S. The summed E-state index contributed by atoms with van der Waals surface area (Å²) in [6, 6.07) is 2.53. The maximum atomic E-state index is 11.7. The van der Waals surface area contributed by atoms with Gasteiger partial charge in [0.25, 0.3) is 0 Å². The van der Waals surface area contributed by atoms with Crippen molar-refractivity contribution < 1.29 is 17.9 Å². The van der Waals surface area contributed by atoms with E-state index in [4.69, 9.17) is 26.8 Å². The summed E-state index contributed by atoms with van der Waals surface area (Å²) in [5.41, 5.74) is 6.58. The van der Waals surface area contributed by atoms with Crippen molar-refractivity contribution in [3.05, 3.63) is 22.7 Å². The molecule has 0 radical (unpaired) electrons. The second-order valence-corrected chi connectivity index (χ2v) is 7.56. The lowest BCUT2D eigenvalue weighted by Gasteiger charge is -2.21. The molecule has 0 heterocycles. The van der Waals surface area contributed by atoms with E-state index in [-0.39, 0.29) is 0 Å². The molecule has 1 aromatic carbocycles. The summed E-state index contributed by atoms with van der Waals surface area (Å²) < 4.78 is 34.3. The van der Waals surface area contributed by atoms with Crippen molar-refractivity contribution in [2.75, 3.05) is 19.5 Å². The zero-order valence-electron chi connectivity index (χ0n) is 12.7. The number of sulfone groups is 1. The Kier molecular flexibility index (Phi) is 6.31. The fourth-order valence-corrected chi connectivity index (χ4v) is 2.82. The van der Waals surface area contributed by atoms with Crippen LogP contribution in [-0.4, -0.2) is 33.1 Å². The first-order chi connectivity index (χ1) is 9.72. The molecule has 0 aliphatic rings. The predicted octanol–water partition coefficient (Wildman–Crippen LogP) is 2.57. The van der Waals surface area contributed by atoms with Crippen molar-refractivity contribution in [2.45, 2.75) is 32.1 Å². The fourth-order valence-electron chi connectivity index (χ4n) is 1.86. The van der Waals surface area contributed by atoms with Crippen LogP contribution in [0.1, 0.15) is 32.4 Å². The van der Waals surface area contributed by atoms with E-state index >= 15 is 0 Å². The Bertz CT molecular complexity index is 589. The highest BCUT2D eigenvalue weighted by Gasteiger charge is 2.27. The zero-order valence-corrected chi connectivity index (χ0v) is 14.3. The topological polar surface area (TPSA) is 78.6 Å². The molecule has 0 aliphatic heterocycles. The van der Waals surface area contributed by atoms with Crippen LogP contribution >= 0.6 is 11.6 Å². The molecule has 5 nitrogen and oxygen atoms in total. The average molecular weight is 336 g/mol.